The van der Waals surface area contributed by atoms with Crippen LogP contribution in [0.2, 0.25) is 0 Å². The van der Waals surface area contributed by atoms with Gasteiger partial charge in [-0.05, 0) is 43.2 Å². The van der Waals surface area contributed by atoms with Gasteiger partial charge in [0.25, 0.3) is 0 Å². The highest BCUT2D eigenvalue weighted by atomic mass is 16.6. The van der Waals surface area contributed by atoms with Gasteiger partial charge in [0.05, 0.1) is 18.2 Å². The fourth-order valence-corrected chi connectivity index (χ4v) is 3.79. The number of nitrogens with one attached hydrogen (secondary N) is 1. The first kappa shape index (κ1) is 20.1. The molecule has 0 spiro atoms. The van der Waals surface area contributed by atoms with Gasteiger partial charge in [0, 0.05) is 19.5 Å². The molecule has 0 unspecified atom stereocenters. The summed E-state index contributed by atoms with van der Waals surface area (Å²) in [6.07, 6.45) is 0.885. The van der Waals surface area contributed by atoms with E-state index in [0.29, 0.717) is 45.1 Å². The number of carbonyl (C=O) groups is 2. The lowest BCUT2D eigenvalue weighted by Gasteiger charge is -2.20. The van der Waals surface area contributed by atoms with E-state index in [2.05, 4.69) is 5.32 Å². The van der Waals surface area contributed by atoms with Gasteiger partial charge in [0.15, 0.2) is 11.5 Å². The predicted molar refractivity (Wildman–Crippen MR) is 112 cm³/mol. The Labute approximate surface area is 175 Å². The van der Waals surface area contributed by atoms with Crippen molar-refractivity contribution in [3.8, 4) is 17.2 Å². The third kappa shape index (κ3) is 4.35. The first-order valence-electron chi connectivity index (χ1n) is 10.3. The number of carbonyl (C=O) groups excluding carboxylic acids is 2. The van der Waals surface area contributed by atoms with Crippen LogP contribution in [0.25, 0.3) is 0 Å². The molecule has 2 heterocycles. The fraction of sp³-hybridized carbons (Fsp3) is 0.391. The molecular weight excluding hydrogens is 384 g/mol. The Balaban J connectivity index is 1.32. The van der Waals surface area contributed by atoms with Crippen LogP contribution in [0.5, 0.6) is 17.2 Å². The molecular formula is C23H26N2O5. The molecule has 4 rings (SSSR count). The fourth-order valence-electron chi connectivity index (χ4n) is 3.79. The summed E-state index contributed by atoms with van der Waals surface area (Å²) in [7, 11) is 0. The van der Waals surface area contributed by atoms with Crippen molar-refractivity contribution in [2.45, 2.75) is 19.8 Å². The van der Waals surface area contributed by atoms with Crippen molar-refractivity contribution in [1.29, 1.82) is 0 Å². The largest absolute Gasteiger partial charge is 0.492 e. The van der Waals surface area contributed by atoms with Gasteiger partial charge in [0.2, 0.25) is 11.8 Å². The highest BCUT2D eigenvalue weighted by molar-refractivity contribution is 6.01. The smallest absolute Gasteiger partial charge is 0.227 e. The second-order valence-electron chi connectivity index (χ2n) is 7.33. The number of anilines is 1. The Morgan fingerprint density at radius 2 is 1.97 bits per heavy atom. The van der Waals surface area contributed by atoms with Crippen molar-refractivity contribution < 1.29 is 23.8 Å². The summed E-state index contributed by atoms with van der Waals surface area (Å²) < 4.78 is 16.8. The van der Waals surface area contributed by atoms with E-state index < -0.39 is 0 Å². The minimum atomic E-state index is -0.368. The molecule has 1 N–H and O–H groups in total. The van der Waals surface area contributed by atoms with Crippen LogP contribution in [0.4, 0.5) is 5.69 Å². The maximum Gasteiger partial charge on any atom is 0.227 e. The summed E-state index contributed by atoms with van der Waals surface area (Å²) in [6, 6.07) is 13.3. The van der Waals surface area contributed by atoms with E-state index in [1.165, 1.54) is 0 Å². The summed E-state index contributed by atoms with van der Waals surface area (Å²) in [4.78, 5) is 26.8. The van der Waals surface area contributed by atoms with Gasteiger partial charge in [-0.25, -0.2) is 0 Å². The molecule has 2 aromatic rings. The summed E-state index contributed by atoms with van der Waals surface area (Å²) >= 11 is 0. The summed E-state index contributed by atoms with van der Waals surface area (Å²) in [5, 5.41) is 2.96. The van der Waals surface area contributed by atoms with E-state index in [1.54, 1.807) is 4.90 Å². The minimum absolute atomic E-state index is 0.0610. The highest BCUT2D eigenvalue weighted by Gasteiger charge is 2.36. The summed E-state index contributed by atoms with van der Waals surface area (Å²) in [5.74, 6) is 1.63. The van der Waals surface area contributed by atoms with Gasteiger partial charge < -0.3 is 24.4 Å². The molecule has 0 aliphatic carbocycles. The van der Waals surface area contributed by atoms with Crippen molar-refractivity contribution in [3.63, 3.8) is 0 Å². The van der Waals surface area contributed by atoms with E-state index in [0.717, 1.165) is 22.7 Å². The van der Waals surface area contributed by atoms with Crippen molar-refractivity contribution in [2.24, 2.45) is 5.92 Å². The Kier molecular flexibility index (Phi) is 6.07. The van der Waals surface area contributed by atoms with E-state index in [1.807, 2.05) is 49.4 Å². The Morgan fingerprint density at radius 3 is 2.80 bits per heavy atom. The van der Waals surface area contributed by atoms with Crippen LogP contribution in [0.3, 0.4) is 0 Å². The third-order valence-corrected chi connectivity index (χ3v) is 5.27. The zero-order valence-electron chi connectivity index (χ0n) is 17.1. The first-order valence-corrected chi connectivity index (χ1v) is 10.3. The number of rotatable bonds is 7. The lowest BCUT2D eigenvalue weighted by molar-refractivity contribution is -0.126. The molecule has 1 saturated heterocycles. The number of fused-ring (bicyclic) bond motifs is 1. The van der Waals surface area contributed by atoms with E-state index in [4.69, 9.17) is 14.2 Å². The molecule has 2 aliphatic rings. The summed E-state index contributed by atoms with van der Waals surface area (Å²) in [6.45, 7) is 4.39. The van der Waals surface area contributed by atoms with Crippen LogP contribution in [-0.2, 0) is 16.0 Å². The SMILES string of the molecule is CCOc1ccccc1N1C[C@H](C(=O)NCCc2ccc3c(c2)OCCO3)CC1=O. The van der Waals surface area contributed by atoms with Crippen molar-refractivity contribution in [1.82, 2.24) is 5.32 Å². The number of ether oxygens (including phenoxy) is 3. The topological polar surface area (TPSA) is 77.1 Å². The second-order valence-corrected chi connectivity index (χ2v) is 7.33. The number of hydrogen-bond acceptors (Lipinski definition) is 5. The molecule has 0 saturated carbocycles. The summed E-state index contributed by atoms with van der Waals surface area (Å²) in [5.41, 5.74) is 1.78. The molecule has 0 aromatic heterocycles. The molecule has 2 aliphatic heterocycles. The Hall–Kier alpha value is -3.22. The Morgan fingerprint density at radius 1 is 1.17 bits per heavy atom. The number of benzene rings is 2. The van der Waals surface area contributed by atoms with Crippen molar-refractivity contribution in [2.75, 3.05) is 37.8 Å². The molecule has 7 nitrogen and oxygen atoms in total. The number of para-hydroxylation sites is 2. The van der Waals surface area contributed by atoms with Gasteiger partial charge in [0.1, 0.15) is 19.0 Å². The van der Waals surface area contributed by atoms with Gasteiger partial charge >= 0.3 is 0 Å². The van der Waals surface area contributed by atoms with Crippen LogP contribution in [0.15, 0.2) is 42.5 Å². The minimum Gasteiger partial charge on any atom is -0.492 e. The number of amides is 2. The van der Waals surface area contributed by atoms with Gasteiger partial charge in [-0.3, -0.25) is 9.59 Å². The van der Waals surface area contributed by atoms with Gasteiger partial charge in [-0.15, -0.1) is 0 Å². The zero-order chi connectivity index (χ0) is 20.9. The van der Waals surface area contributed by atoms with E-state index in [-0.39, 0.29) is 24.2 Å². The number of nitrogens with zero attached hydrogens (tertiary/aromatic N) is 1. The monoisotopic (exact) mass is 410 g/mol. The second kappa shape index (κ2) is 9.07. The lowest BCUT2D eigenvalue weighted by Crippen LogP contribution is -2.34. The van der Waals surface area contributed by atoms with Crippen LogP contribution in [0.1, 0.15) is 18.9 Å². The molecule has 2 aromatic carbocycles. The van der Waals surface area contributed by atoms with E-state index in [9.17, 15) is 9.59 Å². The lowest BCUT2D eigenvalue weighted by atomic mass is 10.1. The van der Waals surface area contributed by atoms with Gasteiger partial charge in [-0.2, -0.15) is 0 Å². The molecule has 2 amide bonds. The quantitative estimate of drug-likeness (QED) is 0.759. The average molecular weight is 410 g/mol. The van der Waals surface area contributed by atoms with Gasteiger partial charge in [-0.1, -0.05) is 18.2 Å². The maximum atomic E-state index is 12.6. The van der Waals surface area contributed by atoms with Crippen LogP contribution in [-0.4, -0.2) is 44.7 Å². The molecule has 7 heteroatoms. The molecule has 0 bridgehead atoms. The normalized spacial score (nSPS) is 17.7. The molecule has 30 heavy (non-hydrogen) atoms. The van der Waals surface area contributed by atoms with E-state index >= 15 is 0 Å². The standard InChI is InChI=1S/C23H26N2O5/c1-2-28-19-6-4-3-5-18(19)25-15-17(14-22(25)26)23(27)24-10-9-16-7-8-20-21(13-16)30-12-11-29-20/h3-8,13,17H,2,9-12,14-15H2,1H3,(H,24,27)/t17-/m1/s1. The highest BCUT2D eigenvalue weighted by Crippen LogP contribution is 2.33. The third-order valence-electron chi connectivity index (χ3n) is 5.27. The van der Waals surface area contributed by atoms with Crippen LogP contribution < -0.4 is 24.4 Å². The van der Waals surface area contributed by atoms with Crippen LogP contribution in [0, 0.1) is 5.92 Å². The maximum absolute atomic E-state index is 12.6. The van der Waals surface area contributed by atoms with Crippen LogP contribution >= 0.6 is 0 Å². The average Bonchev–Trinajstić information content (AvgIpc) is 3.16. The molecule has 1 fully saturated rings. The van der Waals surface area contributed by atoms with Crippen molar-refractivity contribution in [3.05, 3.63) is 48.0 Å². The molecule has 158 valence electrons. The van der Waals surface area contributed by atoms with Crippen molar-refractivity contribution >= 4 is 17.5 Å². The predicted octanol–water partition coefficient (Wildman–Crippen LogP) is 2.57. The Bertz CT molecular complexity index is 930. The first-order chi connectivity index (χ1) is 14.7. The molecule has 1 atom stereocenters. The number of hydrogen-bond donors (Lipinski definition) is 1. The zero-order valence-corrected chi connectivity index (χ0v) is 17.1. The molecule has 0 radical (unpaired) electrons.